The molecule has 0 bridgehead atoms. The Balaban J connectivity index is 1.40. The van der Waals surface area contributed by atoms with E-state index in [0.717, 1.165) is 10.6 Å². The first kappa shape index (κ1) is 19.3. The van der Waals surface area contributed by atoms with E-state index in [9.17, 15) is 14.7 Å². The number of likely N-dealkylation sites (tertiary alicyclic amines) is 1. The number of carboxylic acids is 1. The number of carbonyl (C=O) groups is 2. The average Bonchev–Trinajstić information content (AvgIpc) is 3.46. The molecule has 1 amide bonds. The molecule has 1 aromatic carbocycles. The molecule has 29 heavy (non-hydrogen) atoms. The zero-order chi connectivity index (χ0) is 20.4. The van der Waals surface area contributed by atoms with Gasteiger partial charge in [0.2, 0.25) is 5.91 Å². The van der Waals surface area contributed by atoms with Gasteiger partial charge in [0, 0.05) is 25.7 Å². The van der Waals surface area contributed by atoms with Crippen molar-refractivity contribution in [1.82, 2.24) is 24.9 Å². The smallest absolute Gasteiger partial charge is 0.335 e. The fraction of sp³-hybridized carbons (Fsp3) is 0.350. The fourth-order valence-electron chi connectivity index (χ4n) is 3.74. The first-order chi connectivity index (χ1) is 14.0. The van der Waals surface area contributed by atoms with Crippen LogP contribution in [-0.2, 0) is 11.2 Å². The van der Waals surface area contributed by atoms with Crippen molar-refractivity contribution in [2.75, 3.05) is 13.1 Å². The molecule has 1 aliphatic rings. The first-order valence-corrected chi connectivity index (χ1v) is 10.3. The summed E-state index contributed by atoms with van der Waals surface area (Å²) in [5.41, 5.74) is 3.48. The molecule has 2 aromatic heterocycles. The van der Waals surface area contributed by atoms with Crippen molar-refractivity contribution in [1.29, 1.82) is 0 Å². The number of nitrogens with zero attached hydrogens (tertiary/aromatic N) is 5. The van der Waals surface area contributed by atoms with Crippen LogP contribution in [-0.4, -0.2) is 55.0 Å². The predicted octanol–water partition coefficient (Wildman–Crippen LogP) is 2.75. The Morgan fingerprint density at radius 2 is 2.10 bits per heavy atom. The van der Waals surface area contributed by atoms with Gasteiger partial charge in [0.1, 0.15) is 5.69 Å². The zero-order valence-electron chi connectivity index (χ0n) is 15.9. The Hall–Kier alpha value is -3.07. The van der Waals surface area contributed by atoms with Crippen molar-refractivity contribution >= 4 is 23.2 Å². The maximum Gasteiger partial charge on any atom is 0.335 e. The molecule has 0 saturated carbocycles. The molecule has 1 N–H and O–H groups in total. The van der Waals surface area contributed by atoms with E-state index in [1.807, 2.05) is 15.8 Å². The van der Waals surface area contributed by atoms with E-state index in [1.54, 1.807) is 36.0 Å². The number of aromatic nitrogens is 4. The summed E-state index contributed by atoms with van der Waals surface area (Å²) in [4.78, 5) is 31.0. The van der Waals surface area contributed by atoms with Crippen molar-refractivity contribution in [3.63, 3.8) is 0 Å². The summed E-state index contributed by atoms with van der Waals surface area (Å²) >= 11 is 1.51. The van der Waals surface area contributed by atoms with Gasteiger partial charge in [-0.3, -0.25) is 9.78 Å². The number of hydrogen-bond acceptors (Lipinski definition) is 6. The van der Waals surface area contributed by atoms with Gasteiger partial charge < -0.3 is 10.0 Å². The maximum atomic E-state index is 12.7. The fourth-order valence-corrected chi connectivity index (χ4v) is 4.31. The number of carboxylic acid groups (broad SMARTS) is 1. The van der Waals surface area contributed by atoms with Crippen LogP contribution in [0.5, 0.6) is 0 Å². The molecular weight excluding hydrogens is 390 g/mol. The van der Waals surface area contributed by atoms with E-state index >= 15 is 0 Å². The van der Waals surface area contributed by atoms with Crippen molar-refractivity contribution in [3.05, 3.63) is 53.3 Å². The molecule has 0 spiro atoms. The Kier molecular flexibility index (Phi) is 5.39. The van der Waals surface area contributed by atoms with Crippen LogP contribution < -0.4 is 0 Å². The molecule has 2 atom stereocenters. The van der Waals surface area contributed by atoms with E-state index in [-0.39, 0.29) is 29.9 Å². The van der Waals surface area contributed by atoms with Crippen molar-refractivity contribution < 1.29 is 14.7 Å². The molecule has 3 heterocycles. The predicted molar refractivity (Wildman–Crippen MR) is 108 cm³/mol. The van der Waals surface area contributed by atoms with Crippen LogP contribution >= 0.6 is 11.3 Å². The summed E-state index contributed by atoms with van der Waals surface area (Å²) in [5, 5.41) is 17.8. The van der Waals surface area contributed by atoms with Crippen LogP contribution in [0.3, 0.4) is 0 Å². The lowest BCUT2D eigenvalue weighted by molar-refractivity contribution is -0.130. The van der Waals surface area contributed by atoms with Crippen molar-refractivity contribution in [3.8, 4) is 10.6 Å². The maximum absolute atomic E-state index is 12.7. The lowest BCUT2D eigenvalue weighted by Crippen LogP contribution is -2.29. The number of carbonyl (C=O) groups excluding carboxylic acids is 1. The minimum atomic E-state index is -0.967. The largest absolute Gasteiger partial charge is 0.478 e. The van der Waals surface area contributed by atoms with Crippen LogP contribution in [0.4, 0.5) is 0 Å². The Morgan fingerprint density at radius 1 is 1.28 bits per heavy atom. The lowest BCUT2D eigenvalue weighted by Gasteiger charge is -2.16. The summed E-state index contributed by atoms with van der Waals surface area (Å²) in [7, 11) is 0. The highest BCUT2D eigenvalue weighted by molar-refractivity contribution is 7.13. The minimum absolute atomic E-state index is 0.0299. The monoisotopic (exact) mass is 411 g/mol. The van der Waals surface area contributed by atoms with Gasteiger partial charge in [0.15, 0.2) is 0 Å². The van der Waals surface area contributed by atoms with Gasteiger partial charge >= 0.3 is 5.97 Å². The number of thiazole rings is 1. The van der Waals surface area contributed by atoms with E-state index in [1.165, 1.54) is 11.3 Å². The topological polar surface area (TPSA) is 101 Å². The number of aryl methyl sites for hydroxylation is 1. The Bertz CT molecular complexity index is 1020. The van der Waals surface area contributed by atoms with Crippen molar-refractivity contribution in [2.45, 2.75) is 25.8 Å². The number of amides is 1. The summed E-state index contributed by atoms with van der Waals surface area (Å²) in [6.45, 7) is 3.33. The van der Waals surface area contributed by atoms with E-state index in [2.05, 4.69) is 22.2 Å². The second-order valence-corrected chi connectivity index (χ2v) is 8.14. The third-order valence-electron chi connectivity index (χ3n) is 5.32. The number of aromatic carboxylic acids is 1. The molecule has 1 saturated heterocycles. The highest BCUT2D eigenvalue weighted by Crippen LogP contribution is 2.29. The molecule has 0 unspecified atom stereocenters. The van der Waals surface area contributed by atoms with Crippen LogP contribution in [0.15, 0.2) is 42.2 Å². The van der Waals surface area contributed by atoms with E-state index in [4.69, 9.17) is 0 Å². The Morgan fingerprint density at radius 3 is 2.86 bits per heavy atom. The zero-order valence-corrected chi connectivity index (χ0v) is 16.7. The van der Waals surface area contributed by atoms with Crippen LogP contribution in [0.2, 0.25) is 0 Å². The SMILES string of the molecule is C[C@@H]1CN(C(=O)CCc2ccccc2C(=O)O)C[C@@H]1n1cc(-c2cncs2)nn1. The van der Waals surface area contributed by atoms with E-state index in [0.29, 0.717) is 25.1 Å². The third-order valence-corrected chi connectivity index (χ3v) is 6.11. The normalized spacial score (nSPS) is 18.9. The lowest BCUT2D eigenvalue weighted by atomic mass is 10.0. The van der Waals surface area contributed by atoms with Gasteiger partial charge in [-0.2, -0.15) is 0 Å². The highest BCUT2D eigenvalue weighted by Gasteiger charge is 2.34. The first-order valence-electron chi connectivity index (χ1n) is 9.42. The summed E-state index contributed by atoms with van der Waals surface area (Å²) in [6, 6.07) is 6.90. The van der Waals surface area contributed by atoms with E-state index < -0.39 is 5.97 Å². The van der Waals surface area contributed by atoms with Gasteiger partial charge in [-0.05, 0) is 24.0 Å². The second kappa shape index (κ2) is 8.12. The van der Waals surface area contributed by atoms with Crippen LogP contribution in [0.1, 0.15) is 35.3 Å². The number of hydrogen-bond donors (Lipinski definition) is 1. The molecular formula is C20H21N5O3S. The summed E-state index contributed by atoms with van der Waals surface area (Å²) in [5.74, 6) is -0.686. The molecule has 1 aliphatic heterocycles. The average molecular weight is 411 g/mol. The van der Waals surface area contributed by atoms with Crippen LogP contribution in [0, 0.1) is 5.92 Å². The van der Waals surface area contributed by atoms with Gasteiger partial charge in [-0.15, -0.1) is 16.4 Å². The van der Waals surface area contributed by atoms with Gasteiger partial charge in [0.05, 0.1) is 28.2 Å². The number of rotatable bonds is 6. The number of benzene rings is 1. The summed E-state index contributed by atoms with van der Waals surface area (Å²) in [6.07, 6.45) is 4.37. The summed E-state index contributed by atoms with van der Waals surface area (Å²) < 4.78 is 1.84. The molecule has 0 radical (unpaired) electrons. The van der Waals surface area contributed by atoms with Crippen molar-refractivity contribution in [2.24, 2.45) is 5.92 Å². The molecule has 150 valence electrons. The second-order valence-electron chi connectivity index (χ2n) is 7.26. The standard InChI is InChI=1S/C20H21N5O3S/c1-13-9-24(19(26)7-6-14-4-2-3-5-15(14)20(27)28)11-17(13)25-10-16(22-23-25)18-8-21-12-29-18/h2-5,8,10,12-13,17H,6-7,9,11H2,1H3,(H,27,28)/t13-,17+/m1/s1. The molecule has 9 heteroatoms. The molecule has 8 nitrogen and oxygen atoms in total. The van der Waals surface area contributed by atoms with Gasteiger partial charge in [0.25, 0.3) is 0 Å². The minimum Gasteiger partial charge on any atom is -0.478 e. The van der Waals surface area contributed by atoms with Gasteiger partial charge in [-0.25, -0.2) is 9.48 Å². The van der Waals surface area contributed by atoms with Crippen LogP contribution in [0.25, 0.3) is 10.6 Å². The van der Waals surface area contributed by atoms with Gasteiger partial charge in [-0.1, -0.05) is 30.3 Å². The third kappa shape index (κ3) is 4.04. The molecule has 1 fully saturated rings. The Labute approximate surface area is 171 Å². The highest BCUT2D eigenvalue weighted by atomic mass is 32.1. The molecule has 0 aliphatic carbocycles. The molecule has 4 rings (SSSR count). The molecule has 3 aromatic rings. The quantitative estimate of drug-likeness (QED) is 0.669.